The molecule has 0 radical (unpaired) electrons. The Hall–Kier alpha value is -0.710. The molecule has 1 fully saturated rings. The minimum atomic E-state index is -4.06. The van der Waals surface area contributed by atoms with E-state index in [4.69, 9.17) is 4.74 Å². The molecule has 1 heterocycles. The average molecular weight is 291 g/mol. The number of hydrogen-bond acceptors (Lipinski definition) is 2. The third-order valence-electron chi connectivity index (χ3n) is 4.34. The van der Waals surface area contributed by atoms with Gasteiger partial charge < -0.3 is 10.1 Å². The average Bonchev–Trinajstić information content (AvgIpc) is 2.45. The molecule has 116 valence electrons. The van der Waals surface area contributed by atoms with Gasteiger partial charge in [-0.2, -0.15) is 13.2 Å². The molecule has 2 rings (SSSR count). The van der Waals surface area contributed by atoms with Crippen LogP contribution < -0.4 is 5.32 Å². The number of alkyl halides is 3. The lowest BCUT2D eigenvalue weighted by molar-refractivity contribution is -0.186. The van der Waals surface area contributed by atoms with Crippen molar-refractivity contribution in [3.05, 3.63) is 11.8 Å². The third kappa shape index (κ3) is 3.90. The zero-order valence-electron chi connectivity index (χ0n) is 12.0. The topological polar surface area (TPSA) is 21.3 Å². The summed E-state index contributed by atoms with van der Waals surface area (Å²) >= 11 is 0. The molecule has 0 bridgehead atoms. The van der Waals surface area contributed by atoms with Gasteiger partial charge in [-0.05, 0) is 50.6 Å². The molecule has 0 aromatic heterocycles. The van der Waals surface area contributed by atoms with Gasteiger partial charge in [-0.25, -0.2) is 0 Å². The second-order valence-corrected chi connectivity index (χ2v) is 5.80. The van der Waals surface area contributed by atoms with Crippen molar-refractivity contribution in [2.45, 2.75) is 57.7 Å². The summed E-state index contributed by atoms with van der Waals surface area (Å²) in [7, 11) is 0. The van der Waals surface area contributed by atoms with Crippen molar-refractivity contribution < 1.29 is 17.9 Å². The smallest absolute Gasteiger partial charge is 0.391 e. The van der Waals surface area contributed by atoms with E-state index in [0.717, 1.165) is 31.6 Å². The van der Waals surface area contributed by atoms with Crippen molar-refractivity contribution in [2.75, 3.05) is 13.2 Å². The second kappa shape index (κ2) is 6.83. The number of ether oxygens (including phenoxy) is 1. The van der Waals surface area contributed by atoms with Crippen LogP contribution in [-0.2, 0) is 4.74 Å². The predicted molar refractivity (Wildman–Crippen MR) is 72.2 cm³/mol. The van der Waals surface area contributed by atoms with E-state index in [2.05, 4.69) is 5.32 Å². The molecule has 0 aromatic rings. The Bertz CT molecular complexity index is 341. The minimum absolute atomic E-state index is 0.0275. The molecular weight excluding hydrogens is 267 g/mol. The Balaban J connectivity index is 2.06. The van der Waals surface area contributed by atoms with Crippen LogP contribution in [0.25, 0.3) is 0 Å². The van der Waals surface area contributed by atoms with Gasteiger partial charge in [0.25, 0.3) is 0 Å². The molecule has 3 unspecified atom stereocenters. The first-order valence-corrected chi connectivity index (χ1v) is 7.65. The highest BCUT2D eigenvalue weighted by Crippen LogP contribution is 2.42. The van der Waals surface area contributed by atoms with E-state index in [1.807, 2.05) is 13.0 Å². The molecule has 1 aliphatic carbocycles. The van der Waals surface area contributed by atoms with Crippen LogP contribution in [-0.4, -0.2) is 25.4 Å². The predicted octanol–water partition coefficient (Wildman–Crippen LogP) is 4.03. The van der Waals surface area contributed by atoms with Crippen molar-refractivity contribution in [3.8, 4) is 0 Å². The summed E-state index contributed by atoms with van der Waals surface area (Å²) in [6.45, 7) is 3.42. The van der Waals surface area contributed by atoms with Gasteiger partial charge in [0.05, 0.1) is 18.6 Å². The van der Waals surface area contributed by atoms with Crippen LogP contribution >= 0.6 is 0 Å². The summed E-state index contributed by atoms with van der Waals surface area (Å²) in [6.07, 6.45) is 1.96. The van der Waals surface area contributed by atoms with Crippen molar-refractivity contribution in [1.29, 1.82) is 0 Å². The van der Waals surface area contributed by atoms with Crippen molar-refractivity contribution >= 4 is 0 Å². The Labute approximate surface area is 118 Å². The number of allylic oxidation sites excluding steroid dienone is 1. The van der Waals surface area contributed by atoms with Gasteiger partial charge in [0.2, 0.25) is 0 Å². The van der Waals surface area contributed by atoms with Crippen LogP contribution in [0.1, 0.15) is 45.4 Å². The molecule has 0 spiro atoms. The number of nitrogens with one attached hydrogen (secondary N) is 1. The highest BCUT2D eigenvalue weighted by atomic mass is 19.4. The molecule has 0 saturated heterocycles. The van der Waals surface area contributed by atoms with Gasteiger partial charge in [-0.1, -0.05) is 13.3 Å². The van der Waals surface area contributed by atoms with Gasteiger partial charge in [-0.15, -0.1) is 0 Å². The van der Waals surface area contributed by atoms with Gasteiger partial charge in [-0.3, -0.25) is 0 Å². The number of rotatable bonds is 4. The van der Waals surface area contributed by atoms with Gasteiger partial charge in [0.1, 0.15) is 5.76 Å². The lowest BCUT2D eigenvalue weighted by Gasteiger charge is -2.37. The summed E-state index contributed by atoms with van der Waals surface area (Å²) in [5.41, 5.74) is 0. The molecular formula is C15H24F3NO. The van der Waals surface area contributed by atoms with Crippen molar-refractivity contribution in [2.24, 2.45) is 11.8 Å². The van der Waals surface area contributed by atoms with Gasteiger partial charge >= 0.3 is 6.18 Å². The molecule has 1 aliphatic heterocycles. The summed E-state index contributed by atoms with van der Waals surface area (Å²) < 4.78 is 44.5. The normalized spacial score (nSPS) is 29.5. The van der Waals surface area contributed by atoms with E-state index < -0.39 is 12.1 Å². The van der Waals surface area contributed by atoms with Crippen LogP contribution in [0.5, 0.6) is 0 Å². The largest absolute Gasteiger partial charge is 0.497 e. The number of hydrogen-bond donors (Lipinski definition) is 1. The van der Waals surface area contributed by atoms with Crippen LogP contribution in [0.4, 0.5) is 13.2 Å². The lowest BCUT2D eigenvalue weighted by atomic mass is 9.76. The molecule has 2 aliphatic rings. The van der Waals surface area contributed by atoms with Crippen LogP contribution in [0, 0.1) is 11.8 Å². The van der Waals surface area contributed by atoms with E-state index in [-0.39, 0.29) is 24.8 Å². The number of likely N-dealkylation sites (N-methyl/N-ethyl adjacent to an activating group) is 1. The monoisotopic (exact) mass is 291 g/mol. The van der Waals surface area contributed by atoms with E-state index >= 15 is 0 Å². The Morgan fingerprint density at radius 2 is 2.15 bits per heavy atom. The number of halogens is 3. The molecule has 2 nitrogen and oxygen atoms in total. The standard InChI is InChI=1S/C15H24F3NO/c1-2-19-14(13-8-3-4-9-20-13)11-6-5-7-12(10-11)15(16,17)18/h8,11-12,14,19H,2-7,9-10H2,1H3. The third-order valence-corrected chi connectivity index (χ3v) is 4.34. The first-order chi connectivity index (χ1) is 9.52. The van der Waals surface area contributed by atoms with E-state index in [0.29, 0.717) is 13.0 Å². The summed E-state index contributed by atoms with van der Waals surface area (Å²) in [5.74, 6) is -0.253. The molecule has 1 N–H and O–H groups in total. The SMILES string of the molecule is CCNC(C1=CCCCO1)C1CCCC(C(F)(F)F)C1. The highest BCUT2D eigenvalue weighted by molar-refractivity contribution is 5.08. The van der Waals surface area contributed by atoms with E-state index in [1.165, 1.54) is 0 Å². The maximum atomic E-state index is 12.9. The Morgan fingerprint density at radius 3 is 2.75 bits per heavy atom. The molecule has 1 saturated carbocycles. The van der Waals surface area contributed by atoms with E-state index in [1.54, 1.807) is 0 Å². The molecule has 3 atom stereocenters. The quantitative estimate of drug-likeness (QED) is 0.844. The van der Waals surface area contributed by atoms with Crippen LogP contribution in [0.2, 0.25) is 0 Å². The molecule has 5 heteroatoms. The zero-order chi connectivity index (χ0) is 14.6. The molecule has 0 aromatic carbocycles. The lowest BCUT2D eigenvalue weighted by Crippen LogP contribution is -2.43. The van der Waals surface area contributed by atoms with Crippen LogP contribution in [0.15, 0.2) is 11.8 Å². The first kappa shape index (κ1) is 15.7. The summed E-state index contributed by atoms with van der Waals surface area (Å²) in [5, 5.41) is 3.33. The maximum Gasteiger partial charge on any atom is 0.391 e. The zero-order valence-corrected chi connectivity index (χ0v) is 12.0. The molecule has 0 amide bonds. The Morgan fingerprint density at radius 1 is 1.35 bits per heavy atom. The summed E-state index contributed by atoms with van der Waals surface area (Å²) in [4.78, 5) is 0. The van der Waals surface area contributed by atoms with Gasteiger partial charge in [0, 0.05) is 0 Å². The first-order valence-electron chi connectivity index (χ1n) is 7.65. The van der Waals surface area contributed by atoms with Gasteiger partial charge in [0.15, 0.2) is 0 Å². The van der Waals surface area contributed by atoms with E-state index in [9.17, 15) is 13.2 Å². The van der Waals surface area contributed by atoms with Crippen molar-refractivity contribution in [1.82, 2.24) is 5.32 Å². The van der Waals surface area contributed by atoms with Crippen LogP contribution in [0.3, 0.4) is 0 Å². The second-order valence-electron chi connectivity index (χ2n) is 5.80. The molecule has 20 heavy (non-hydrogen) atoms. The minimum Gasteiger partial charge on any atom is -0.497 e. The maximum absolute atomic E-state index is 12.9. The Kier molecular flexibility index (Phi) is 5.35. The fourth-order valence-corrected chi connectivity index (χ4v) is 3.34. The summed E-state index contributed by atoms with van der Waals surface area (Å²) in [6, 6.07) is -0.0505. The highest BCUT2D eigenvalue weighted by Gasteiger charge is 2.44. The van der Waals surface area contributed by atoms with Crippen molar-refractivity contribution in [3.63, 3.8) is 0 Å². The fraction of sp³-hybridized carbons (Fsp3) is 0.867. The fourth-order valence-electron chi connectivity index (χ4n) is 3.34.